The third-order valence-corrected chi connectivity index (χ3v) is 12.1. The quantitative estimate of drug-likeness (QED) is 0.130. The molecule has 0 aliphatic heterocycles. The SMILES string of the molecule is CC1(C)c2ccccc2-c2ccc(-c3ccccc3-c3cc(-c4ccccc4-c4ccccc4)nc(-c4c5ccccc5cc5c4ccc4ccccc45)n3)cc21. The minimum absolute atomic E-state index is 0.104. The van der Waals surface area contributed by atoms with Crippen LogP contribution in [0.25, 0.3) is 99.6 Å². The number of nitrogens with zero attached hydrogens (tertiary/aromatic N) is 2. The molecule has 9 aromatic carbocycles. The van der Waals surface area contributed by atoms with Gasteiger partial charge >= 0.3 is 0 Å². The molecule has 0 radical (unpaired) electrons. The van der Waals surface area contributed by atoms with Crippen molar-refractivity contribution in [3.8, 4) is 67.3 Å². The molecule has 2 heteroatoms. The average Bonchev–Trinajstić information content (AvgIpc) is 3.50. The maximum Gasteiger partial charge on any atom is 0.161 e. The number of hydrogen-bond acceptors (Lipinski definition) is 2. The smallest absolute Gasteiger partial charge is 0.161 e. The summed E-state index contributed by atoms with van der Waals surface area (Å²) in [7, 11) is 0. The van der Waals surface area contributed by atoms with Crippen molar-refractivity contribution < 1.29 is 0 Å². The predicted molar refractivity (Wildman–Crippen MR) is 239 cm³/mol. The Bertz CT molecular complexity index is 3210. The highest BCUT2D eigenvalue weighted by Crippen LogP contribution is 2.50. The fourth-order valence-electron chi connectivity index (χ4n) is 9.30. The molecule has 1 heterocycles. The highest BCUT2D eigenvalue weighted by atomic mass is 14.9. The lowest BCUT2D eigenvalue weighted by Gasteiger charge is -2.22. The maximum absolute atomic E-state index is 5.59. The van der Waals surface area contributed by atoms with E-state index in [4.69, 9.17) is 9.97 Å². The Hall–Kier alpha value is -7.16. The predicted octanol–water partition coefficient (Wildman–Crippen LogP) is 14.6. The second-order valence-corrected chi connectivity index (χ2v) is 15.7. The second-order valence-electron chi connectivity index (χ2n) is 15.7. The number of benzene rings is 9. The molecule has 0 amide bonds. The highest BCUT2D eigenvalue weighted by molar-refractivity contribution is 6.19. The number of rotatable bonds is 5. The van der Waals surface area contributed by atoms with E-state index in [0.717, 1.165) is 55.5 Å². The lowest BCUT2D eigenvalue weighted by Crippen LogP contribution is -2.14. The summed E-state index contributed by atoms with van der Waals surface area (Å²) in [6, 6.07) is 70.1. The van der Waals surface area contributed by atoms with Crippen LogP contribution in [0, 0.1) is 0 Å². The standard InChI is InChI=1S/C55H38N2/c1-55(2)49-27-15-14-24-43(49)44-30-29-38(33-50(44)55)41-22-11-13-26-46(41)52-34-51(45-25-12-10-20-39(45)35-16-4-3-5-17-35)56-54(57-52)53-42-23-9-7-19-37(42)32-48-40-21-8-6-18-36(40)28-31-47(48)53/h3-34H,1-2H3. The van der Waals surface area contributed by atoms with Crippen molar-refractivity contribution in [2.75, 3.05) is 0 Å². The maximum atomic E-state index is 5.59. The van der Waals surface area contributed by atoms with Gasteiger partial charge in [0.25, 0.3) is 0 Å². The summed E-state index contributed by atoms with van der Waals surface area (Å²) >= 11 is 0. The van der Waals surface area contributed by atoms with Crippen LogP contribution in [0.4, 0.5) is 0 Å². The molecular formula is C55H38N2. The summed E-state index contributed by atoms with van der Waals surface area (Å²) in [6.45, 7) is 4.69. The lowest BCUT2D eigenvalue weighted by molar-refractivity contribution is 0.660. The molecule has 1 aliphatic carbocycles. The summed E-state index contributed by atoms with van der Waals surface area (Å²) in [5.74, 6) is 0.711. The van der Waals surface area contributed by atoms with Crippen LogP contribution in [0.1, 0.15) is 25.0 Å². The molecule has 0 N–H and O–H groups in total. The van der Waals surface area contributed by atoms with Crippen molar-refractivity contribution in [3.05, 3.63) is 205 Å². The second kappa shape index (κ2) is 13.0. The Morgan fingerprint density at radius 2 is 0.895 bits per heavy atom. The van der Waals surface area contributed by atoms with E-state index in [1.54, 1.807) is 0 Å². The van der Waals surface area contributed by atoms with Gasteiger partial charge in [0.05, 0.1) is 11.4 Å². The summed E-state index contributed by atoms with van der Waals surface area (Å²) in [6.07, 6.45) is 0. The Labute approximate surface area is 332 Å². The first-order valence-electron chi connectivity index (χ1n) is 19.7. The van der Waals surface area contributed by atoms with E-state index in [9.17, 15) is 0 Å². The van der Waals surface area contributed by atoms with Gasteiger partial charge in [-0.15, -0.1) is 0 Å². The van der Waals surface area contributed by atoms with Crippen molar-refractivity contribution in [2.24, 2.45) is 0 Å². The normalized spacial score (nSPS) is 12.9. The zero-order chi connectivity index (χ0) is 38.1. The number of aromatic nitrogens is 2. The molecule has 2 nitrogen and oxygen atoms in total. The Morgan fingerprint density at radius 1 is 0.333 bits per heavy atom. The third kappa shape index (κ3) is 5.33. The number of fused-ring (bicyclic) bond motifs is 7. The van der Waals surface area contributed by atoms with Gasteiger partial charge in [-0.3, -0.25) is 0 Å². The van der Waals surface area contributed by atoms with Crippen LogP contribution in [-0.2, 0) is 5.41 Å². The van der Waals surface area contributed by atoms with Crippen molar-refractivity contribution in [1.29, 1.82) is 0 Å². The molecule has 0 bridgehead atoms. The van der Waals surface area contributed by atoms with Crippen LogP contribution < -0.4 is 0 Å². The molecule has 10 aromatic rings. The van der Waals surface area contributed by atoms with Crippen molar-refractivity contribution in [1.82, 2.24) is 9.97 Å². The van der Waals surface area contributed by atoms with Gasteiger partial charge in [-0.2, -0.15) is 0 Å². The molecule has 1 aliphatic rings. The molecule has 0 fully saturated rings. The molecule has 0 unspecified atom stereocenters. The van der Waals surface area contributed by atoms with E-state index in [2.05, 4.69) is 208 Å². The van der Waals surface area contributed by atoms with Crippen LogP contribution in [0.5, 0.6) is 0 Å². The van der Waals surface area contributed by atoms with E-state index in [-0.39, 0.29) is 5.41 Å². The largest absolute Gasteiger partial charge is 0.228 e. The van der Waals surface area contributed by atoms with Gasteiger partial charge in [-0.05, 0) is 95.0 Å². The van der Waals surface area contributed by atoms with E-state index >= 15 is 0 Å². The van der Waals surface area contributed by atoms with Gasteiger partial charge in [0.2, 0.25) is 0 Å². The molecule has 0 saturated carbocycles. The van der Waals surface area contributed by atoms with Crippen molar-refractivity contribution >= 4 is 32.3 Å². The summed E-state index contributed by atoms with van der Waals surface area (Å²) < 4.78 is 0. The van der Waals surface area contributed by atoms with E-state index in [0.29, 0.717) is 5.82 Å². The van der Waals surface area contributed by atoms with Gasteiger partial charge in [0, 0.05) is 22.1 Å². The molecule has 0 atom stereocenters. The molecule has 11 rings (SSSR count). The summed E-state index contributed by atoms with van der Waals surface area (Å²) in [4.78, 5) is 11.1. The topological polar surface area (TPSA) is 25.8 Å². The Kier molecular flexibility index (Phi) is 7.55. The molecular weight excluding hydrogens is 689 g/mol. The monoisotopic (exact) mass is 726 g/mol. The summed E-state index contributed by atoms with van der Waals surface area (Å²) in [5, 5.41) is 7.07. The molecule has 57 heavy (non-hydrogen) atoms. The van der Waals surface area contributed by atoms with Crippen LogP contribution in [0.2, 0.25) is 0 Å². The number of hydrogen-bond donors (Lipinski definition) is 0. The van der Waals surface area contributed by atoms with Gasteiger partial charge in [-0.25, -0.2) is 9.97 Å². The lowest BCUT2D eigenvalue weighted by atomic mass is 9.81. The fraction of sp³-hybridized carbons (Fsp3) is 0.0545. The van der Waals surface area contributed by atoms with Crippen LogP contribution in [0.15, 0.2) is 194 Å². The van der Waals surface area contributed by atoms with Crippen LogP contribution in [0.3, 0.4) is 0 Å². The average molecular weight is 727 g/mol. The first-order chi connectivity index (χ1) is 28.0. The minimum atomic E-state index is -0.104. The first kappa shape index (κ1) is 33.2. The van der Waals surface area contributed by atoms with E-state index < -0.39 is 0 Å². The van der Waals surface area contributed by atoms with Gasteiger partial charge in [-0.1, -0.05) is 190 Å². The molecule has 1 aromatic heterocycles. The first-order valence-corrected chi connectivity index (χ1v) is 19.7. The zero-order valence-electron chi connectivity index (χ0n) is 31.9. The molecule has 0 saturated heterocycles. The van der Waals surface area contributed by atoms with Gasteiger partial charge in [0.15, 0.2) is 5.82 Å². The summed E-state index contributed by atoms with van der Waals surface area (Å²) in [5.41, 5.74) is 14.8. The van der Waals surface area contributed by atoms with E-state index in [1.165, 1.54) is 49.4 Å². The van der Waals surface area contributed by atoms with Crippen molar-refractivity contribution in [2.45, 2.75) is 19.3 Å². The Morgan fingerprint density at radius 3 is 1.63 bits per heavy atom. The van der Waals surface area contributed by atoms with E-state index in [1.807, 2.05) is 0 Å². The molecule has 268 valence electrons. The zero-order valence-corrected chi connectivity index (χ0v) is 31.9. The fourth-order valence-corrected chi connectivity index (χ4v) is 9.30. The highest BCUT2D eigenvalue weighted by Gasteiger charge is 2.35. The Balaban J connectivity index is 1.19. The van der Waals surface area contributed by atoms with Crippen molar-refractivity contribution in [3.63, 3.8) is 0 Å². The molecule has 0 spiro atoms. The van der Waals surface area contributed by atoms with Crippen LogP contribution in [-0.4, -0.2) is 9.97 Å². The van der Waals surface area contributed by atoms with Crippen LogP contribution >= 0.6 is 0 Å². The van der Waals surface area contributed by atoms with Gasteiger partial charge < -0.3 is 0 Å². The van der Waals surface area contributed by atoms with Gasteiger partial charge in [0.1, 0.15) is 0 Å². The third-order valence-electron chi connectivity index (χ3n) is 12.1. The minimum Gasteiger partial charge on any atom is -0.228 e.